The third kappa shape index (κ3) is 3.98. The highest BCUT2D eigenvalue weighted by Gasteiger charge is 2.32. The third-order valence-corrected chi connectivity index (χ3v) is 6.10. The van der Waals surface area contributed by atoms with Gasteiger partial charge in [-0.1, -0.05) is 6.42 Å². The van der Waals surface area contributed by atoms with Gasteiger partial charge in [0, 0.05) is 24.5 Å². The van der Waals surface area contributed by atoms with Crippen molar-refractivity contribution in [3.63, 3.8) is 0 Å². The Hall–Kier alpha value is -2.87. The number of hydrogen-bond donors (Lipinski definition) is 3. The Morgan fingerprint density at radius 1 is 1.17 bits per heavy atom. The monoisotopic (exact) mass is 394 g/mol. The van der Waals surface area contributed by atoms with Gasteiger partial charge in [0.15, 0.2) is 5.58 Å². The summed E-state index contributed by atoms with van der Waals surface area (Å²) in [7, 11) is 0. The van der Waals surface area contributed by atoms with Crippen molar-refractivity contribution < 1.29 is 4.42 Å². The second kappa shape index (κ2) is 7.87. The molecule has 0 bridgehead atoms. The molecule has 0 amide bonds. The molecular weight excluding hydrogens is 368 g/mol. The maximum absolute atomic E-state index is 11.3. The lowest BCUT2D eigenvalue weighted by atomic mass is 9.83. The molecule has 2 aliphatic rings. The van der Waals surface area contributed by atoms with E-state index in [2.05, 4.69) is 30.5 Å². The number of nitrogens with one attached hydrogen (secondary N) is 3. The van der Waals surface area contributed by atoms with Crippen molar-refractivity contribution in [2.75, 3.05) is 30.3 Å². The molecule has 2 aromatic heterocycles. The molecule has 3 N–H and O–H groups in total. The van der Waals surface area contributed by atoms with E-state index in [1.807, 2.05) is 18.2 Å². The Labute approximate surface area is 168 Å². The zero-order chi connectivity index (χ0) is 19.6. The summed E-state index contributed by atoms with van der Waals surface area (Å²) in [6, 6.07) is 8.01. The van der Waals surface area contributed by atoms with Crippen LogP contribution in [0.4, 0.5) is 17.5 Å². The van der Waals surface area contributed by atoms with Crippen LogP contribution < -0.4 is 16.4 Å². The summed E-state index contributed by atoms with van der Waals surface area (Å²) < 4.78 is 5.04. The summed E-state index contributed by atoms with van der Waals surface area (Å²) in [6.07, 6.45) is 8.35. The van der Waals surface area contributed by atoms with Crippen LogP contribution in [0.15, 0.2) is 39.7 Å². The second-order valence-corrected chi connectivity index (χ2v) is 8.00. The second-order valence-electron chi connectivity index (χ2n) is 8.00. The average molecular weight is 394 g/mol. The highest BCUT2D eigenvalue weighted by atomic mass is 16.4. The summed E-state index contributed by atoms with van der Waals surface area (Å²) in [5, 5.41) is 6.72. The molecule has 0 spiro atoms. The largest absolute Gasteiger partial charge is 0.417 e. The van der Waals surface area contributed by atoms with Crippen molar-refractivity contribution >= 4 is 28.6 Å². The number of rotatable bonds is 5. The van der Waals surface area contributed by atoms with Crippen molar-refractivity contribution in [2.45, 2.75) is 38.1 Å². The van der Waals surface area contributed by atoms with Gasteiger partial charge < -0.3 is 20.0 Å². The van der Waals surface area contributed by atoms with Gasteiger partial charge in [0.05, 0.1) is 5.52 Å². The van der Waals surface area contributed by atoms with Crippen LogP contribution >= 0.6 is 0 Å². The van der Waals surface area contributed by atoms with Crippen molar-refractivity contribution in [2.24, 2.45) is 5.92 Å². The van der Waals surface area contributed by atoms with Crippen molar-refractivity contribution in [1.29, 1.82) is 0 Å². The van der Waals surface area contributed by atoms with Gasteiger partial charge >= 0.3 is 5.76 Å². The number of piperidine rings is 2. The molecule has 2 fully saturated rings. The number of aromatic amines is 1. The topological polar surface area (TPSA) is 99.1 Å². The predicted molar refractivity (Wildman–Crippen MR) is 113 cm³/mol. The highest BCUT2D eigenvalue weighted by Crippen LogP contribution is 2.31. The standard InChI is InChI=1S/C21H26N6O2/c28-21-25-16-12-15(6-7-18(16)29-21)24-20-22-9-8-19(26-20)23-13-14-4-3-11-27-10-2-1-5-17(14)27/h6-9,12,14,17H,1-5,10-11,13H2,(H,25,28)(H2,22,23,24,26)/t14-,17+/m0/s1. The molecule has 5 rings (SSSR count). The van der Waals surface area contributed by atoms with Gasteiger partial charge in [-0.05, 0) is 69.0 Å². The summed E-state index contributed by atoms with van der Waals surface area (Å²) in [4.78, 5) is 25.6. The summed E-state index contributed by atoms with van der Waals surface area (Å²) in [6.45, 7) is 3.46. The normalized spacial score (nSPS) is 22.3. The summed E-state index contributed by atoms with van der Waals surface area (Å²) in [5.41, 5.74) is 1.96. The minimum absolute atomic E-state index is 0.459. The molecule has 152 valence electrons. The fourth-order valence-electron chi connectivity index (χ4n) is 4.73. The molecule has 8 nitrogen and oxygen atoms in total. The molecule has 2 saturated heterocycles. The van der Waals surface area contributed by atoms with Crippen molar-refractivity contribution in [1.82, 2.24) is 19.9 Å². The summed E-state index contributed by atoms with van der Waals surface area (Å²) in [5.74, 6) is 1.56. The van der Waals surface area contributed by atoms with Crippen LogP contribution in [0, 0.1) is 5.92 Å². The lowest BCUT2D eigenvalue weighted by Crippen LogP contribution is -2.49. The molecule has 0 unspecified atom stereocenters. The number of H-pyrrole nitrogens is 1. The molecule has 1 aromatic carbocycles. The van der Waals surface area contributed by atoms with Gasteiger partial charge in [-0.3, -0.25) is 4.98 Å². The summed E-state index contributed by atoms with van der Waals surface area (Å²) >= 11 is 0. The molecule has 8 heteroatoms. The van der Waals surface area contributed by atoms with Crippen LogP contribution in [0.1, 0.15) is 32.1 Å². The van der Waals surface area contributed by atoms with Crippen molar-refractivity contribution in [3.05, 3.63) is 41.0 Å². The first kappa shape index (κ1) is 18.2. The van der Waals surface area contributed by atoms with Gasteiger partial charge in [0.25, 0.3) is 0 Å². The van der Waals surface area contributed by atoms with Gasteiger partial charge in [-0.2, -0.15) is 4.98 Å². The lowest BCUT2D eigenvalue weighted by molar-refractivity contribution is 0.0649. The molecule has 0 radical (unpaired) electrons. The minimum atomic E-state index is -0.459. The molecule has 0 aliphatic carbocycles. The first-order chi connectivity index (χ1) is 14.2. The van der Waals surface area contributed by atoms with Crippen LogP contribution in [0.5, 0.6) is 0 Å². The van der Waals surface area contributed by atoms with E-state index in [9.17, 15) is 4.79 Å². The molecule has 4 heterocycles. The molecule has 0 saturated carbocycles. The molecule has 2 atom stereocenters. The number of benzene rings is 1. The van der Waals surface area contributed by atoms with Crippen LogP contribution in [0.25, 0.3) is 11.1 Å². The molecule has 3 aromatic rings. The number of nitrogens with zero attached hydrogens (tertiary/aromatic N) is 3. The molecule has 2 aliphatic heterocycles. The third-order valence-electron chi connectivity index (χ3n) is 6.10. The number of anilines is 3. The van der Waals surface area contributed by atoms with E-state index in [0.717, 1.165) is 18.1 Å². The zero-order valence-electron chi connectivity index (χ0n) is 16.4. The van der Waals surface area contributed by atoms with Crippen molar-refractivity contribution in [3.8, 4) is 0 Å². The van der Waals surface area contributed by atoms with E-state index < -0.39 is 5.76 Å². The first-order valence-electron chi connectivity index (χ1n) is 10.5. The fourth-order valence-corrected chi connectivity index (χ4v) is 4.73. The quantitative estimate of drug-likeness (QED) is 0.610. The number of oxazole rings is 1. The van der Waals surface area contributed by atoms with Crippen LogP contribution in [-0.2, 0) is 0 Å². The first-order valence-corrected chi connectivity index (χ1v) is 10.5. The predicted octanol–water partition coefficient (Wildman–Crippen LogP) is 3.33. The van der Waals surface area contributed by atoms with E-state index in [4.69, 9.17) is 4.42 Å². The van der Waals surface area contributed by atoms with Gasteiger partial charge in [-0.15, -0.1) is 0 Å². The van der Waals surface area contributed by atoms with Crippen LogP contribution in [0.2, 0.25) is 0 Å². The van der Waals surface area contributed by atoms with Gasteiger partial charge in [0.1, 0.15) is 5.82 Å². The Morgan fingerprint density at radius 3 is 3.07 bits per heavy atom. The van der Waals surface area contributed by atoms with Gasteiger partial charge in [0.2, 0.25) is 5.95 Å². The highest BCUT2D eigenvalue weighted by molar-refractivity contribution is 5.77. The van der Waals surface area contributed by atoms with E-state index in [1.54, 1.807) is 12.3 Å². The van der Waals surface area contributed by atoms with E-state index in [-0.39, 0.29) is 0 Å². The van der Waals surface area contributed by atoms with Gasteiger partial charge in [-0.25, -0.2) is 9.78 Å². The maximum Gasteiger partial charge on any atom is 0.417 e. The minimum Gasteiger partial charge on any atom is -0.408 e. The SMILES string of the molecule is O=c1[nH]c2cc(Nc3nccc(NC[C@@H]4CCCN5CCCC[C@H]45)n3)ccc2o1. The average Bonchev–Trinajstić information content (AvgIpc) is 3.12. The maximum atomic E-state index is 11.3. The Morgan fingerprint density at radius 2 is 2.10 bits per heavy atom. The lowest BCUT2D eigenvalue weighted by Gasteiger charge is -2.44. The fraction of sp³-hybridized carbons (Fsp3) is 0.476. The number of fused-ring (bicyclic) bond motifs is 2. The molecule has 29 heavy (non-hydrogen) atoms. The van der Waals surface area contributed by atoms with Crippen LogP contribution in [0.3, 0.4) is 0 Å². The Kier molecular flexibility index (Phi) is 4.93. The van der Waals surface area contributed by atoms with E-state index in [0.29, 0.717) is 29.0 Å². The number of hydrogen-bond acceptors (Lipinski definition) is 7. The zero-order valence-corrected chi connectivity index (χ0v) is 16.4. The Balaban J connectivity index is 1.25. The Bertz CT molecular complexity index is 1040. The van der Waals surface area contributed by atoms with Crippen LogP contribution in [-0.4, -0.2) is 45.5 Å². The smallest absolute Gasteiger partial charge is 0.408 e. The van der Waals surface area contributed by atoms with E-state index >= 15 is 0 Å². The van der Waals surface area contributed by atoms with E-state index in [1.165, 1.54) is 45.2 Å². The number of aromatic nitrogens is 3. The molecular formula is C21H26N6O2.